The lowest BCUT2D eigenvalue weighted by Crippen LogP contribution is -2.44. The summed E-state index contributed by atoms with van der Waals surface area (Å²) >= 11 is 0. The number of aliphatic carboxylic acids is 4. The van der Waals surface area contributed by atoms with Gasteiger partial charge in [-0.1, -0.05) is 0 Å². The van der Waals surface area contributed by atoms with Gasteiger partial charge >= 0.3 is 23.9 Å². The molecule has 4 aliphatic rings. The minimum atomic E-state index is -1.09. The molecule has 10 unspecified atom stereocenters. The second-order valence-corrected chi connectivity index (χ2v) is 8.57. The normalized spacial score (nSPS) is 48.6. The second-order valence-electron chi connectivity index (χ2n) is 8.57. The van der Waals surface area contributed by atoms with Gasteiger partial charge in [-0.15, -0.1) is 0 Å². The van der Waals surface area contributed by atoms with Crippen molar-refractivity contribution in [3.05, 3.63) is 0 Å². The lowest BCUT2D eigenvalue weighted by Gasteiger charge is -2.40. The van der Waals surface area contributed by atoms with E-state index < -0.39 is 47.5 Å². The van der Waals surface area contributed by atoms with Gasteiger partial charge in [0.05, 0.1) is 23.7 Å². The van der Waals surface area contributed by atoms with Gasteiger partial charge in [-0.25, -0.2) is 0 Å². The van der Waals surface area contributed by atoms with Crippen LogP contribution in [0.4, 0.5) is 0 Å². The monoisotopic (exact) mass is 366 g/mol. The first-order valence-corrected chi connectivity index (χ1v) is 9.13. The summed E-state index contributed by atoms with van der Waals surface area (Å²) < 4.78 is 0. The van der Waals surface area contributed by atoms with Crippen molar-refractivity contribution in [2.24, 2.45) is 59.2 Å². The van der Waals surface area contributed by atoms with Gasteiger partial charge in [-0.3, -0.25) is 19.2 Å². The molecule has 4 saturated carbocycles. The first-order valence-electron chi connectivity index (χ1n) is 9.13. The molecule has 10 atom stereocenters. The molecule has 8 heteroatoms. The highest BCUT2D eigenvalue weighted by molar-refractivity contribution is 5.82. The molecule has 0 heterocycles. The quantitative estimate of drug-likeness (QED) is 0.565. The summed E-state index contributed by atoms with van der Waals surface area (Å²) in [4.78, 5) is 46.4. The Morgan fingerprint density at radius 3 is 1.00 bits per heavy atom. The number of rotatable bonds is 5. The molecule has 0 aromatic heterocycles. The van der Waals surface area contributed by atoms with Crippen LogP contribution in [0.2, 0.25) is 0 Å². The lowest BCUT2D eigenvalue weighted by molar-refractivity contribution is -0.161. The van der Waals surface area contributed by atoms with Crippen LogP contribution in [0.3, 0.4) is 0 Å². The smallest absolute Gasteiger partial charge is 0.307 e. The van der Waals surface area contributed by atoms with Gasteiger partial charge in [0.1, 0.15) is 0 Å². The predicted molar refractivity (Wildman–Crippen MR) is 83.9 cm³/mol. The van der Waals surface area contributed by atoms with Gasteiger partial charge in [0, 0.05) is 0 Å². The molecule has 4 bridgehead atoms. The van der Waals surface area contributed by atoms with Gasteiger partial charge in [0.25, 0.3) is 0 Å². The number of carboxylic acids is 4. The summed E-state index contributed by atoms with van der Waals surface area (Å²) in [5, 5.41) is 38.0. The Labute approximate surface area is 149 Å². The SMILES string of the molecule is O=C(O)C1C2CC(C3CC4CC3C(C(=O)O)C4C(=O)O)C(C2)C1C(=O)O. The van der Waals surface area contributed by atoms with Gasteiger partial charge in [-0.2, -0.15) is 0 Å². The average molecular weight is 366 g/mol. The molecule has 0 aromatic rings. The fraction of sp³-hybridized carbons (Fsp3) is 0.778. The summed E-state index contributed by atoms with van der Waals surface area (Å²) in [6.07, 6.45) is 2.35. The molecule has 0 aromatic carbocycles. The zero-order chi connectivity index (χ0) is 18.9. The maximum Gasteiger partial charge on any atom is 0.307 e. The van der Waals surface area contributed by atoms with Crippen molar-refractivity contribution in [2.75, 3.05) is 0 Å². The molecule has 4 aliphatic carbocycles. The minimum absolute atomic E-state index is 0.0108. The third kappa shape index (κ3) is 2.20. The van der Waals surface area contributed by atoms with Crippen LogP contribution < -0.4 is 0 Å². The van der Waals surface area contributed by atoms with Crippen LogP contribution in [0.25, 0.3) is 0 Å². The molecule has 4 N–H and O–H groups in total. The zero-order valence-corrected chi connectivity index (χ0v) is 14.0. The summed E-state index contributed by atoms with van der Waals surface area (Å²) in [6.45, 7) is 0. The van der Waals surface area contributed by atoms with Crippen molar-refractivity contribution in [3.63, 3.8) is 0 Å². The van der Waals surface area contributed by atoms with Crippen molar-refractivity contribution in [2.45, 2.75) is 25.7 Å². The number of hydrogen-bond donors (Lipinski definition) is 4. The molecule has 4 fully saturated rings. The molecule has 0 amide bonds. The Kier molecular flexibility index (Phi) is 3.79. The Hall–Kier alpha value is -2.12. The first kappa shape index (κ1) is 17.3. The van der Waals surface area contributed by atoms with Gasteiger partial charge in [0.2, 0.25) is 0 Å². The van der Waals surface area contributed by atoms with Crippen LogP contribution in [-0.2, 0) is 19.2 Å². The molecule has 8 nitrogen and oxygen atoms in total. The highest BCUT2D eigenvalue weighted by atomic mass is 16.4. The molecule has 0 spiro atoms. The molecular weight excluding hydrogens is 344 g/mol. The maximum atomic E-state index is 11.7. The first-order chi connectivity index (χ1) is 12.2. The average Bonchev–Trinajstić information content (AvgIpc) is 3.29. The molecule has 0 saturated heterocycles. The number of hydrogen-bond acceptors (Lipinski definition) is 4. The van der Waals surface area contributed by atoms with Crippen LogP contribution >= 0.6 is 0 Å². The Morgan fingerprint density at radius 2 is 0.731 bits per heavy atom. The van der Waals surface area contributed by atoms with Crippen LogP contribution in [0, 0.1) is 59.2 Å². The maximum absolute atomic E-state index is 11.7. The van der Waals surface area contributed by atoms with Crippen molar-refractivity contribution in [1.82, 2.24) is 0 Å². The fourth-order valence-corrected chi connectivity index (χ4v) is 7.19. The van der Waals surface area contributed by atoms with Gasteiger partial charge in [-0.05, 0) is 61.2 Å². The van der Waals surface area contributed by atoms with Crippen molar-refractivity contribution in [3.8, 4) is 0 Å². The predicted octanol–water partition coefficient (Wildman–Crippen LogP) is 1.10. The van der Waals surface area contributed by atoms with E-state index in [9.17, 15) is 39.6 Å². The van der Waals surface area contributed by atoms with E-state index in [1.54, 1.807) is 0 Å². The van der Waals surface area contributed by atoms with E-state index in [2.05, 4.69) is 0 Å². The van der Waals surface area contributed by atoms with Crippen LogP contribution in [0.1, 0.15) is 25.7 Å². The third-order valence-electron chi connectivity index (χ3n) is 7.80. The van der Waals surface area contributed by atoms with E-state index in [1.807, 2.05) is 0 Å². The van der Waals surface area contributed by atoms with E-state index in [0.29, 0.717) is 25.7 Å². The number of fused-ring (bicyclic) bond motifs is 4. The van der Waals surface area contributed by atoms with E-state index in [0.717, 1.165) is 0 Å². The summed E-state index contributed by atoms with van der Waals surface area (Å²) in [7, 11) is 0. The molecule has 0 radical (unpaired) electrons. The third-order valence-corrected chi connectivity index (χ3v) is 7.80. The van der Waals surface area contributed by atoms with Gasteiger partial charge in [0.15, 0.2) is 0 Å². The zero-order valence-electron chi connectivity index (χ0n) is 14.0. The van der Waals surface area contributed by atoms with Crippen LogP contribution in [-0.4, -0.2) is 44.3 Å². The highest BCUT2D eigenvalue weighted by Gasteiger charge is 2.65. The Morgan fingerprint density at radius 1 is 0.462 bits per heavy atom. The summed E-state index contributed by atoms with van der Waals surface area (Å²) in [6, 6.07) is 0. The van der Waals surface area contributed by atoms with Gasteiger partial charge < -0.3 is 20.4 Å². The van der Waals surface area contributed by atoms with E-state index >= 15 is 0 Å². The standard InChI is InChI=1S/C18H22O8/c19-15(20)11-5-1-7(9(3-5)13(11)17(23)24)8-2-6-4-10(8)14(18(25)26)12(6)16(21)22/h5-14H,1-4H2,(H,19,20)(H,21,22)(H,23,24)(H,25,26). The topological polar surface area (TPSA) is 149 Å². The van der Waals surface area contributed by atoms with Crippen LogP contribution in [0.15, 0.2) is 0 Å². The fourth-order valence-electron chi connectivity index (χ4n) is 7.19. The molecule has 26 heavy (non-hydrogen) atoms. The molecule has 142 valence electrons. The molecule has 4 rings (SSSR count). The van der Waals surface area contributed by atoms with E-state index in [-0.39, 0.29) is 35.5 Å². The van der Waals surface area contributed by atoms with Crippen LogP contribution in [0.5, 0.6) is 0 Å². The summed E-state index contributed by atoms with van der Waals surface area (Å²) in [5.41, 5.74) is 0. The van der Waals surface area contributed by atoms with Crippen molar-refractivity contribution in [1.29, 1.82) is 0 Å². The largest absolute Gasteiger partial charge is 0.481 e. The lowest BCUT2D eigenvalue weighted by atomic mass is 9.62. The summed E-state index contributed by atoms with van der Waals surface area (Å²) in [5.74, 6) is -8.76. The highest BCUT2D eigenvalue weighted by Crippen LogP contribution is 2.65. The molecular formula is C18H22O8. The second kappa shape index (κ2) is 5.69. The van der Waals surface area contributed by atoms with Crippen molar-refractivity contribution >= 4 is 23.9 Å². The van der Waals surface area contributed by atoms with Crippen molar-refractivity contribution < 1.29 is 39.6 Å². The Bertz CT molecular complexity index is 629. The van der Waals surface area contributed by atoms with E-state index in [1.165, 1.54) is 0 Å². The number of carbonyl (C=O) groups is 4. The molecule has 0 aliphatic heterocycles. The Balaban J connectivity index is 1.59. The minimum Gasteiger partial charge on any atom is -0.481 e. The van der Waals surface area contributed by atoms with E-state index in [4.69, 9.17) is 0 Å². The number of carboxylic acid groups (broad SMARTS) is 4.